The highest BCUT2D eigenvalue weighted by Crippen LogP contribution is 2.68. The highest BCUT2D eigenvalue weighted by Gasteiger charge is 2.54. The van der Waals surface area contributed by atoms with Crippen molar-refractivity contribution in [2.45, 2.75) is 73.6 Å². The summed E-state index contributed by atoms with van der Waals surface area (Å²) in [5.41, 5.74) is 15.4. The van der Waals surface area contributed by atoms with Gasteiger partial charge in [-0.25, -0.2) is 42.8 Å². The highest BCUT2D eigenvalue weighted by atomic mass is 31.3. The minimum atomic E-state index is -6.20. The summed E-state index contributed by atoms with van der Waals surface area (Å²) in [6.45, 7) is -3.40. The van der Waals surface area contributed by atoms with Gasteiger partial charge in [0.05, 0.1) is 39.5 Å². The number of nitrogen functional groups attached to an aromatic ring is 3. The van der Waals surface area contributed by atoms with Gasteiger partial charge in [-0.15, -0.1) is 0 Å². The predicted molar refractivity (Wildman–Crippen MR) is 239 cm³/mol. The molecule has 6 aromatic heterocycles. The molecule has 0 aromatic carbocycles. The Morgan fingerprint density at radius 2 is 1.23 bits per heavy atom. The maximum atomic E-state index is 13.7. The lowest BCUT2D eigenvalue weighted by atomic mass is 10.1. The number of aryl methyl sites for hydroxylation is 1. The summed E-state index contributed by atoms with van der Waals surface area (Å²) >= 11 is 0. The van der Waals surface area contributed by atoms with Crippen molar-refractivity contribution in [3.8, 4) is 0 Å². The first-order valence-corrected chi connectivity index (χ1v) is 27.1. The molecular formula is C32H44N15O24P4+. The summed E-state index contributed by atoms with van der Waals surface area (Å²) in [5, 5.41) is 43.2. The molecule has 43 heteroatoms. The van der Waals surface area contributed by atoms with Crippen molar-refractivity contribution in [2.24, 2.45) is 7.05 Å². The molecular weight excluding hydrogens is 1100 g/mol. The minimum Gasteiger partial charge on any atom is -0.387 e. The molecule has 16 atom stereocenters. The molecule has 0 spiro atoms. The number of methoxy groups -OCH3 is 1. The second-order valence-electron chi connectivity index (χ2n) is 16.5. The number of anilines is 3. The Hall–Kier alpha value is -5.15. The Bertz CT molecular complexity index is 3470. The summed E-state index contributed by atoms with van der Waals surface area (Å²) in [6, 6.07) is 0. The van der Waals surface area contributed by atoms with Gasteiger partial charge in [0.25, 0.3) is 17.1 Å². The molecule has 9 heterocycles. The van der Waals surface area contributed by atoms with Crippen LogP contribution in [0.25, 0.3) is 33.5 Å². The number of fused-ring (bicyclic) bond motifs is 3. The van der Waals surface area contributed by atoms with Gasteiger partial charge in [-0.2, -0.15) is 13.6 Å². The summed E-state index contributed by atoms with van der Waals surface area (Å²) < 4.78 is 109. The lowest BCUT2D eigenvalue weighted by Gasteiger charge is -2.26. The van der Waals surface area contributed by atoms with Gasteiger partial charge in [0.15, 0.2) is 41.4 Å². The molecule has 6 aromatic rings. The fourth-order valence-corrected chi connectivity index (χ4v) is 12.8. The number of phosphoric ester groups is 3. The largest absolute Gasteiger partial charge is 0.490 e. The van der Waals surface area contributed by atoms with Gasteiger partial charge >= 0.3 is 36.9 Å². The molecule has 0 saturated carbocycles. The first-order chi connectivity index (χ1) is 35.2. The van der Waals surface area contributed by atoms with E-state index in [0.717, 1.165) is 35.2 Å². The second-order valence-corrected chi connectivity index (χ2v) is 22.5. The summed E-state index contributed by atoms with van der Waals surface area (Å²) in [4.78, 5) is 95.6. The molecule has 75 heavy (non-hydrogen) atoms. The number of nitrogens with zero attached hydrogens (tertiary/aromatic N) is 10. The molecule has 16 N–H and O–H groups in total. The molecule has 7 unspecified atom stereocenters. The molecule has 0 bridgehead atoms. The number of aromatic amines is 2. The Balaban J connectivity index is 0.862. The maximum absolute atomic E-state index is 13.7. The number of aromatic nitrogens is 12. The maximum Gasteiger partial charge on any atom is 0.490 e. The Kier molecular flexibility index (Phi) is 14.8. The van der Waals surface area contributed by atoms with Crippen molar-refractivity contribution in [3.05, 3.63) is 46.0 Å². The quantitative estimate of drug-likeness (QED) is 0.0268. The number of H-pyrrole nitrogens is 2. The average molecular weight is 1150 g/mol. The van der Waals surface area contributed by atoms with Gasteiger partial charge in [0.1, 0.15) is 66.8 Å². The second kappa shape index (κ2) is 20.3. The van der Waals surface area contributed by atoms with Gasteiger partial charge in [0, 0.05) is 7.11 Å². The summed E-state index contributed by atoms with van der Waals surface area (Å²) in [6.07, 6.45) is -15.8. The molecule has 0 amide bonds. The van der Waals surface area contributed by atoms with E-state index in [1.165, 1.54) is 22.5 Å². The van der Waals surface area contributed by atoms with Crippen LogP contribution in [0.15, 0.2) is 34.9 Å². The molecule has 3 aliphatic rings. The number of nitrogens with two attached hydrogens (primary N) is 3. The van der Waals surface area contributed by atoms with E-state index in [1.807, 2.05) is 0 Å². The number of aliphatic hydroxyl groups excluding tert-OH is 4. The number of ether oxygens (including phenoxy) is 4. The van der Waals surface area contributed by atoms with Crippen molar-refractivity contribution < 1.29 is 108 Å². The minimum absolute atomic E-state index is 0.00606. The predicted octanol–water partition coefficient (Wildman–Crippen LogP) is -4.71. The van der Waals surface area contributed by atoms with Gasteiger partial charge in [0.2, 0.25) is 17.7 Å². The monoisotopic (exact) mass is 1150 g/mol. The fourth-order valence-electron chi connectivity index (χ4n) is 8.29. The molecule has 3 fully saturated rings. The van der Waals surface area contributed by atoms with Crippen LogP contribution in [-0.4, -0.2) is 175 Å². The first-order valence-electron chi connectivity index (χ1n) is 21.2. The Labute approximate surface area is 414 Å². The molecule has 39 nitrogen and oxygen atoms in total. The third-order valence-corrected chi connectivity index (χ3v) is 16.8. The number of hydrogen-bond acceptors (Lipinski definition) is 29. The Morgan fingerprint density at radius 1 is 0.667 bits per heavy atom. The van der Waals surface area contributed by atoms with Gasteiger partial charge in [-0.05, 0) is 0 Å². The van der Waals surface area contributed by atoms with Crippen molar-refractivity contribution in [3.63, 3.8) is 0 Å². The zero-order valence-electron chi connectivity index (χ0n) is 38.0. The van der Waals surface area contributed by atoms with Crippen LogP contribution in [0.5, 0.6) is 0 Å². The SMILES string of the molecule is CO[C@H]1C(OP(=O)(O)OC[C@H]2O[C@@H](n3cnc4c(=O)[nH]c(N)nc43)[C@@H](O)C2O)[C@@H](COP(=O)(O)OP(=O)(O)OP(=O)(O)OC[C@@H]2O[C@H]([n+]3cn(C)c4c(=O)[nH]c(N)nc43)C(O)[C@@H]2O)O[C@H]1n1cnc2c(N)ncnc21. The molecule has 3 aliphatic heterocycles. The van der Waals surface area contributed by atoms with E-state index in [1.54, 1.807) is 0 Å². The number of nitrogens with one attached hydrogen (secondary N) is 2. The van der Waals surface area contributed by atoms with Gasteiger partial charge < -0.3 is 76.1 Å². The smallest absolute Gasteiger partial charge is 0.387 e. The molecule has 9 rings (SSSR count). The lowest BCUT2D eigenvalue weighted by Crippen LogP contribution is -2.46. The number of hydrogen-bond donors (Lipinski definition) is 13. The summed E-state index contributed by atoms with van der Waals surface area (Å²) in [7, 11) is -20.9. The third-order valence-electron chi connectivity index (χ3n) is 11.6. The van der Waals surface area contributed by atoms with Crippen molar-refractivity contribution in [2.75, 3.05) is 44.1 Å². The van der Waals surface area contributed by atoms with Crippen LogP contribution in [-0.2, 0) is 71.0 Å². The number of phosphoric acid groups is 4. The Morgan fingerprint density at radius 3 is 1.89 bits per heavy atom. The van der Waals surface area contributed by atoms with E-state index in [0.29, 0.717) is 0 Å². The van der Waals surface area contributed by atoms with Gasteiger partial charge in [-0.1, -0.05) is 4.98 Å². The zero-order chi connectivity index (χ0) is 54.3. The van der Waals surface area contributed by atoms with Gasteiger partial charge in [-0.3, -0.25) is 51.4 Å². The fraction of sp³-hybridized carbons (Fsp3) is 0.531. The molecule has 3 saturated heterocycles. The molecule has 0 aliphatic carbocycles. The normalized spacial score (nSPS) is 30.5. The summed E-state index contributed by atoms with van der Waals surface area (Å²) in [5.74, 6) is -0.716. The number of rotatable bonds is 19. The van der Waals surface area contributed by atoms with Crippen molar-refractivity contribution in [1.29, 1.82) is 0 Å². The van der Waals surface area contributed by atoms with Crippen LogP contribution in [0.2, 0.25) is 0 Å². The topological polar surface area (TPSA) is 562 Å². The van der Waals surface area contributed by atoms with E-state index >= 15 is 0 Å². The molecule has 0 radical (unpaired) electrons. The van der Waals surface area contributed by atoms with Crippen LogP contribution in [0.4, 0.5) is 17.7 Å². The van der Waals surface area contributed by atoms with E-state index in [-0.39, 0.29) is 51.2 Å². The van der Waals surface area contributed by atoms with E-state index in [4.69, 9.17) is 49.7 Å². The lowest BCUT2D eigenvalue weighted by molar-refractivity contribution is -0.745. The average Bonchev–Trinajstić information content (AvgIpc) is 4.17. The van der Waals surface area contributed by atoms with Crippen molar-refractivity contribution in [1.82, 2.24) is 53.6 Å². The number of aliphatic hydroxyl groups is 4. The standard InChI is InChI=1S/C32H43N15O24P4/c1-44-9-47(25-15(44)27(53)43-32(35)41-25)29-19(51)17(49)11(67-29)4-64-73(56,57)70-75(60,61)71-74(58,59)65-5-12-20(21(62-2)30(68-12)45-7-38-13-22(33)36-6-37-23(13)45)69-72(54,55)63-3-10-16(48)18(50)28(66-10)46-8-39-14-24(46)40-31(34)42-26(14)52/h6-12,16-21,28-30,48-51H,3-5H2,1-2H3,(H11-,33,34,35,36,37,40,41,42,43,52,53,54,55,56,57,58,59,60,61)/p+1/t10-,11+,12-,16?,17-,18+,19?,20?,21+,28-,29+,30-/m1/s1. The van der Waals surface area contributed by atoms with E-state index in [9.17, 15) is 67.8 Å². The van der Waals surface area contributed by atoms with Crippen molar-refractivity contribution >= 4 is 82.5 Å². The molecule has 410 valence electrons. The van der Waals surface area contributed by atoms with Crippen LogP contribution in [0.3, 0.4) is 0 Å². The first kappa shape index (κ1) is 54.6. The highest BCUT2D eigenvalue weighted by molar-refractivity contribution is 7.66. The zero-order valence-corrected chi connectivity index (χ0v) is 41.5. The van der Waals surface area contributed by atoms with Crippen LogP contribution < -0.4 is 32.9 Å². The van der Waals surface area contributed by atoms with Crippen LogP contribution in [0.1, 0.15) is 18.7 Å². The number of imidazole rings is 3. The van der Waals surface area contributed by atoms with E-state index < -0.39 is 136 Å². The van der Waals surface area contributed by atoms with E-state index in [2.05, 4.69) is 53.0 Å². The third kappa shape index (κ3) is 10.9. The van der Waals surface area contributed by atoms with Crippen LogP contribution in [0, 0.1) is 0 Å². The van der Waals surface area contributed by atoms with Crippen LogP contribution >= 0.6 is 31.3 Å².